The molecule has 0 aliphatic carbocycles. The van der Waals surface area contributed by atoms with Crippen LogP contribution in [0.25, 0.3) is 0 Å². The lowest BCUT2D eigenvalue weighted by molar-refractivity contribution is -0.137. The Morgan fingerprint density at radius 3 is 2.39 bits per heavy atom. The molecule has 1 heterocycles. The Hall–Kier alpha value is -0.570. The second-order valence-corrected chi connectivity index (χ2v) is 6.82. The molecule has 18 heavy (non-hydrogen) atoms. The van der Waals surface area contributed by atoms with E-state index in [4.69, 9.17) is 5.11 Å². The Morgan fingerprint density at radius 2 is 1.94 bits per heavy atom. The number of hydrogen-bond donors (Lipinski definition) is 1. The number of carboxylic acids is 1. The minimum Gasteiger partial charge on any atom is -0.481 e. The van der Waals surface area contributed by atoms with Crippen LogP contribution < -0.4 is 0 Å². The predicted molar refractivity (Wildman–Crippen MR) is 74.7 cm³/mol. The molecule has 1 fully saturated rings. The van der Waals surface area contributed by atoms with Gasteiger partial charge in [0.15, 0.2) is 0 Å². The molecule has 0 spiro atoms. The van der Waals surface area contributed by atoms with Crippen LogP contribution in [0.3, 0.4) is 0 Å². The van der Waals surface area contributed by atoms with Crippen molar-refractivity contribution in [3.8, 4) is 0 Å². The minimum atomic E-state index is -0.667. The first-order chi connectivity index (χ1) is 8.32. The summed E-state index contributed by atoms with van der Waals surface area (Å²) in [5.74, 6) is 0.741. The summed E-state index contributed by atoms with van der Waals surface area (Å²) in [5, 5.41) is 8.82. The molecule has 0 amide bonds. The molecule has 0 bridgehead atoms. The highest BCUT2D eigenvalue weighted by molar-refractivity contribution is 5.66. The number of likely N-dealkylation sites (tertiary alicyclic amines) is 1. The molecule has 0 aromatic carbocycles. The fraction of sp³-hybridized carbons (Fsp3) is 0.933. The first-order valence-electron chi connectivity index (χ1n) is 7.27. The molecule has 1 aliphatic rings. The average Bonchev–Trinajstić information content (AvgIpc) is 2.17. The lowest BCUT2D eigenvalue weighted by Crippen LogP contribution is -2.47. The Kier molecular flexibility index (Phi) is 5.64. The molecule has 3 heteroatoms. The third-order valence-electron chi connectivity index (χ3n) is 4.34. The first kappa shape index (κ1) is 15.5. The smallest absolute Gasteiger partial charge is 0.303 e. The van der Waals surface area contributed by atoms with Crippen LogP contribution in [0.2, 0.25) is 0 Å². The highest BCUT2D eigenvalue weighted by Crippen LogP contribution is 2.33. The Morgan fingerprint density at radius 1 is 1.33 bits per heavy atom. The normalized spacial score (nSPS) is 19.6. The van der Waals surface area contributed by atoms with Gasteiger partial charge in [-0.05, 0) is 36.6 Å². The summed E-state index contributed by atoms with van der Waals surface area (Å²) in [5.41, 5.74) is 0.213. The van der Waals surface area contributed by atoms with Crippen LogP contribution in [-0.4, -0.2) is 35.6 Å². The van der Waals surface area contributed by atoms with Crippen molar-refractivity contribution >= 4 is 5.97 Å². The molecule has 106 valence electrons. The third-order valence-corrected chi connectivity index (χ3v) is 4.34. The molecule has 0 radical (unpaired) electrons. The van der Waals surface area contributed by atoms with Crippen LogP contribution >= 0.6 is 0 Å². The summed E-state index contributed by atoms with van der Waals surface area (Å²) < 4.78 is 0. The van der Waals surface area contributed by atoms with Crippen LogP contribution in [0, 0.1) is 17.3 Å². The number of rotatable bonds is 7. The van der Waals surface area contributed by atoms with Crippen molar-refractivity contribution in [3.05, 3.63) is 0 Å². The van der Waals surface area contributed by atoms with Crippen LogP contribution in [-0.2, 0) is 4.79 Å². The molecule has 1 rings (SSSR count). The summed E-state index contributed by atoms with van der Waals surface area (Å²) in [6.45, 7) is 12.6. The summed E-state index contributed by atoms with van der Waals surface area (Å²) in [4.78, 5) is 13.2. The van der Waals surface area contributed by atoms with Gasteiger partial charge in [-0.1, -0.05) is 34.1 Å². The van der Waals surface area contributed by atoms with Crippen molar-refractivity contribution in [2.75, 3.05) is 19.6 Å². The quantitative estimate of drug-likeness (QED) is 0.759. The highest BCUT2D eigenvalue weighted by atomic mass is 16.4. The Balaban J connectivity index is 2.31. The first-order valence-corrected chi connectivity index (χ1v) is 7.27. The topological polar surface area (TPSA) is 40.5 Å². The van der Waals surface area contributed by atoms with Gasteiger partial charge in [-0.2, -0.15) is 0 Å². The zero-order chi connectivity index (χ0) is 13.8. The largest absolute Gasteiger partial charge is 0.481 e. The van der Waals surface area contributed by atoms with Crippen LogP contribution in [0.4, 0.5) is 0 Å². The molecular weight excluding hydrogens is 226 g/mol. The van der Waals surface area contributed by atoms with E-state index in [0.717, 1.165) is 25.3 Å². The number of aliphatic carboxylic acids is 1. The molecule has 0 aromatic rings. The van der Waals surface area contributed by atoms with E-state index >= 15 is 0 Å². The molecule has 0 saturated carbocycles. The fourth-order valence-corrected chi connectivity index (χ4v) is 2.76. The van der Waals surface area contributed by atoms with E-state index in [1.807, 2.05) is 0 Å². The molecular formula is C15H29NO2. The molecule has 0 aromatic heterocycles. The van der Waals surface area contributed by atoms with E-state index < -0.39 is 5.97 Å². The maximum absolute atomic E-state index is 10.7. The van der Waals surface area contributed by atoms with E-state index in [0.29, 0.717) is 12.3 Å². The lowest BCUT2D eigenvalue weighted by Gasteiger charge is -2.41. The second-order valence-electron chi connectivity index (χ2n) is 6.82. The summed E-state index contributed by atoms with van der Waals surface area (Å²) in [6.07, 6.45) is 3.54. The molecule has 1 N–H and O–H groups in total. The number of carboxylic acid groups (broad SMARTS) is 1. The van der Waals surface area contributed by atoms with Gasteiger partial charge in [0.25, 0.3) is 0 Å². The predicted octanol–water partition coefficient (Wildman–Crippen LogP) is 3.25. The molecule has 1 aliphatic heterocycles. The Bertz CT molecular complexity index is 264. The number of nitrogens with zero attached hydrogens (tertiary/aromatic N) is 1. The lowest BCUT2D eigenvalue weighted by atomic mass is 9.76. The van der Waals surface area contributed by atoms with Gasteiger partial charge in [0.2, 0.25) is 0 Å². The maximum atomic E-state index is 10.7. The van der Waals surface area contributed by atoms with Gasteiger partial charge in [-0.15, -0.1) is 0 Å². The number of hydrogen-bond acceptors (Lipinski definition) is 2. The highest BCUT2D eigenvalue weighted by Gasteiger charge is 2.29. The maximum Gasteiger partial charge on any atom is 0.303 e. The average molecular weight is 255 g/mol. The van der Waals surface area contributed by atoms with Crippen molar-refractivity contribution in [2.24, 2.45) is 17.3 Å². The minimum absolute atomic E-state index is 0.213. The molecule has 1 unspecified atom stereocenters. The zero-order valence-corrected chi connectivity index (χ0v) is 12.4. The monoisotopic (exact) mass is 255 g/mol. The van der Waals surface area contributed by atoms with Crippen LogP contribution in [0.1, 0.15) is 53.4 Å². The van der Waals surface area contributed by atoms with Gasteiger partial charge >= 0.3 is 5.97 Å². The van der Waals surface area contributed by atoms with Gasteiger partial charge in [0.1, 0.15) is 0 Å². The molecule has 1 atom stereocenters. The fourth-order valence-electron chi connectivity index (χ4n) is 2.76. The van der Waals surface area contributed by atoms with Crippen molar-refractivity contribution in [1.29, 1.82) is 0 Å². The van der Waals surface area contributed by atoms with Gasteiger partial charge < -0.3 is 10.0 Å². The van der Waals surface area contributed by atoms with Crippen molar-refractivity contribution in [3.63, 3.8) is 0 Å². The summed E-state index contributed by atoms with van der Waals surface area (Å²) >= 11 is 0. The van der Waals surface area contributed by atoms with Gasteiger partial charge in [-0.25, -0.2) is 0 Å². The van der Waals surface area contributed by atoms with Gasteiger partial charge in [0, 0.05) is 19.5 Å². The van der Waals surface area contributed by atoms with Crippen LogP contribution in [0.15, 0.2) is 0 Å². The Labute approximate surface area is 112 Å². The van der Waals surface area contributed by atoms with Gasteiger partial charge in [0.05, 0.1) is 0 Å². The second kappa shape index (κ2) is 6.55. The van der Waals surface area contributed by atoms with Crippen molar-refractivity contribution in [2.45, 2.75) is 53.4 Å². The SMILES string of the molecule is CCC1CN(CCC(CCC(=O)O)C(C)(C)C)C1. The molecule has 3 nitrogen and oxygen atoms in total. The standard InChI is InChI=1S/C15H29NO2/c1-5-12-10-16(11-12)9-8-13(15(2,3)4)6-7-14(17)18/h12-13H,5-11H2,1-4H3,(H,17,18). The molecule has 1 saturated heterocycles. The zero-order valence-electron chi connectivity index (χ0n) is 12.4. The summed E-state index contributed by atoms with van der Waals surface area (Å²) in [6, 6.07) is 0. The summed E-state index contributed by atoms with van der Waals surface area (Å²) in [7, 11) is 0. The van der Waals surface area contributed by atoms with E-state index in [1.54, 1.807) is 0 Å². The van der Waals surface area contributed by atoms with Crippen LogP contribution in [0.5, 0.6) is 0 Å². The third kappa shape index (κ3) is 4.97. The van der Waals surface area contributed by atoms with Gasteiger partial charge in [-0.3, -0.25) is 4.79 Å². The van der Waals surface area contributed by atoms with Crippen molar-refractivity contribution < 1.29 is 9.90 Å². The van der Waals surface area contributed by atoms with E-state index in [2.05, 4.69) is 32.6 Å². The number of carbonyl (C=O) groups is 1. The van der Waals surface area contributed by atoms with Crippen molar-refractivity contribution in [1.82, 2.24) is 4.90 Å². The van der Waals surface area contributed by atoms with E-state index in [9.17, 15) is 4.79 Å². The van der Waals surface area contributed by atoms with E-state index in [-0.39, 0.29) is 5.41 Å². The van der Waals surface area contributed by atoms with E-state index in [1.165, 1.54) is 19.5 Å².